The zero-order valence-electron chi connectivity index (χ0n) is 18.2. The number of allylic oxidation sites excluding steroid dienone is 1. The van der Waals surface area contributed by atoms with Crippen LogP contribution in [0.3, 0.4) is 0 Å². The molecule has 3 aromatic carbocycles. The average molecular weight is 446 g/mol. The number of para-hydroxylation sites is 1. The summed E-state index contributed by atoms with van der Waals surface area (Å²) in [7, 11) is 1.61. The van der Waals surface area contributed by atoms with Crippen molar-refractivity contribution in [1.29, 1.82) is 0 Å². The minimum absolute atomic E-state index is 0.185. The quantitative estimate of drug-likeness (QED) is 0.315. The van der Waals surface area contributed by atoms with Crippen LogP contribution in [0.2, 0.25) is 5.02 Å². The summed E-state index contributed by atoms with van der Waals surface area (Å²) < 4.78 is 11.4. The molecule has 0 aliphatic carbocycles. The Kier molecular flexibility index (Phi) is 6.33. The lowest BCUT2D eigenvalue weighted by molar-refractivity contribution is -0.111. The second kappa shape index (κ2) is 9.33. The first kappa shape index (κ1) is 21.7. The number of amides is 1. The molecule has 4 nitrogen and oxygen atoms in total. The predicted octanol–water partition coefficient (Wildman–Crippen LogP) is 7.37. The number of ether oxygens (including phenoxy) is 1. The van der Waals surface area contributed by atoms with Gasteiger partial charge in [-0.15, -0.1) is 0 Å². The molecule has 162 valence electrons. The molecule has 1 amide bonds. The van der Waals surface area contributed by atoms with Crippen LogP contribution in [0.5, 0.6) is 5.75 Å². The third-order valence-electron chi connectivity index (χ3n) is 5.48. The monoisotopic (exact) mass is 445 g/mol. The number of carbonyl (C=O) groups excluding carboxylic acids is 1. The maximum Gasteiger partial charge on any atom is 0.248 e. The number of hydrogen-bond donors (Lipinski definition) is 1. The van der Waals surface area contributed by atoms with Gasteiger partial charge >= 0.3 is 0 Å². The number of hydrogen-bond acceptors (Lipinski definition) is 3. The molecule has 0 aliphatic heterocycles. The second-order valence-electron chi connectivity index (χ2n) is 7.53. The van der Waals surface area contributed by atoms with Crippen LogP contribution in [0, 0.1) is 0 Å². The van der Waals surface area contributed by atoms with Crippen LogP contribution >= 0.6 is 11.6 Å². The lowest BCUT2D eigenvalue weighted by Gasteiger charge is -2.11. The van der Waals surface area contributed by atoms with Crippen molar-refractivity contribution in [3.05, 3.63) is 89.2 Å². The molecule has 1 aromatic heterocycles. The molecular weight excluding hydrogens is 422 g/mol. The molecule has 4 aromatic rings. The minimum Gasteiger partial charge on any atom is -0.496 e. The van der Waals surface area contributed by atoms with Crippen molar-refractivity contribution in [3.8, 4) is 16.9 Å². The van der Waals surface area contributed by atoms with Crippen LogP contribution in [-0.4, -0.2) is 13.0 Å². The summed E-state index contributed by atoms with van der Waals surface area (Å²) in [5, 5.41) is 4.60. The molecule has 0 radical (unpaired) electrons. The highest BCUT2D eigenvalue weighted by Gasteiger charge is 2.15. The molecule has 1 heterocycles. The Hall–Kier alpha value is -3.50. The Balaban J connectivity index is 1.71. The van der Waals surface area contributed by atoms with Gasteiger partial charge in [-0.3, -0.25) is 4.79 Å². The number of fused-ring (bicyclic) bond motifs is 1. The van der Waals surface area contributed by atoms with E-state index in [1.54, 1.807) is 19.4 Å². The number of halogens is 1. The normalized spacial score (nSPS) is 11.6. The molecule has 0 spiro atoms. The molecule has 1 N–H and O–H groups in total. The van der Waals surface area contributed by atoms with E-state index in [0.29, 0.717) is 16.4 Å². The van der Waals surface area contributed by atoms with Crippen LogP contribution in [0.15, 0.2) is 77.4 Å². The Labute approximate surface area is 192 Å². The maximum absolute atomic E-state index is 12.7. The zero-order valence-corrected chi connectivity index (χ0v) is 19.0. The number of nitrogens with one attached hydrogen (secondary N) is 1. The molecule has 4 rings (SSSR count). The standard InChI is InChI=1S/C27H24ClNO3/c1-4-18-7-5-6-8-24(18)29-27(30)13-17(2)21-14-22-23(19-9-11-20(28)12-10-19)16-32-26(22)15-25(21)31-3/h5-16H,4H2,1-3H3,(H,29,30)/b17-13+. The second-order valence-corrected chi connectivity index (χ2v) is 7.97. The van der Waals surface area contributed by atoms with Crippen molar-refractivity contribution in [2.45, 2.75) is 20.3 Å². The molecular formula is C27H24ClNO3. The van der Waals surface area contributed by atoms with Crippen molar-refractivity contribution in [1.82, 2.24) is 0 Å². The van der Waals surface area contributed by atoms with E-state index in [1.807, 2.05) is 67.6 Å². The zero-order chi connectivity index (χ0) is 22.7. The molecule has 0 aliphatic rings. The van der Waals surface area contributed by atoms with E-state index in [2.05, 4.69) is 12.2 Å². The van der Waals surface area contributed by atoms with E-state index in [1.165, 1.54) is 0 Å². The van der Waals surface area contributed by atoms with Crippen LogP contribution < -0.4 is 10.1 Å². The number of aryl methyl sites for hydroxylation is 1. The van der Waals surface area contributed by atoms with Gasteiger partial charge in [0.2, 0.25) is 5.91 Å². The predicted molar refractivity (Wildman–Crippen MR) is 131 cm³/mol. The topological polar surface area (TPSA) is 51.5 Å². The number of benzene rings is 3. The molecule has 0 atom stereocenters. The average Bonchev–Trinajstić information content (AvgIpc) is 3.21. The Morgan fingerprint density at radius 1 is 1.12 bits per heavy atom. The first-order valence-electron chi connectivity index (χ1n) is 10.4. The smallest absolute Gasteiger partial charge is 0.248 e. The van der Waals surface area contributed by atoms with Gasteiger partial charge in [-0.2, -0.15) is 0 Å². The Morgan fingerprint density at radius 2 is 1.88 bits per heavy atom. The third kappa shape index (κ3) is 4.41. The van der Waals surface area contributed by atoms with Crippen molar-refractivity contribution >= 4 is 39.7 Å². The van der Waals surface area contributed by atoms with E-state index in [-0.39, 0.29) is 5.91 Å². The molecule has 32 heavy (non-hydrogen) atoms. The summed E-state index contributed by atoms with van der Waals surface area (Å²) in [6.07, 6.45) is 4.17. The highest BCUT2D eigenvalue weighted by Crippen LogP contribution is 2.37. The fraction of sp³-hybridized carbons (Fsp3) is 0.148. The number of rotatable bonds is 6. The van der Waals surface area contributed by atoms with Crippen molar-refractivity contribution in [2.75, 3.05) is 12.4 Å². The summed E-state index contributed by atoms with van der Waals surface area (Å²) in [6, 6.07) is 19.3. The van der Waals surface area contributed by atoms with Gasteiger partial charge in [0, 0.05) is 39.4 Å². The van der Waals surface area contributed by atoms with Crippen LogP contribution in [0.4, 0.5) is 5.69 Å². The number of anilines is 1. The van der Waals surface area contributed by atoms with Crippen LogP contribution in [-0.2, 0) is 11.2 Å². The SMILES string of the molecule is CCc1ccccc1NC(=O)/C=C(\C)c1cc2c(-c3ccc(Cl)cc3)coc2cc1OC. The van der Waals surface area contributed by atoms with Gasteiger partial charge in [-0.05, 0) is 54.3 Å². The fourth-order valence-corrected chi connectivity index (χ4v) is 3.90. The first-order valence-corrected chi connectivity index (χ1v) is 10.8. The number of furan rings is 1. The summed E-state index contributed by atoms with van der Waals surface area (Å²) in [4.78, 5) is 12.7. The van der Waals surface area contributed by atoms with Gasteiger partial charge in [0.05, 0.1) is 13.4 Å². The van der Waals surface area contributed by atoms with Crippen LogP contribution in [0.25, 0.3) is 27.7 Å². The van der Waals surface area contributed by atoms with E-state index >= 15 is 0 Å². The lowest BCUT2D eigenvalue weighted by atomic mass is 9.99. The Bertz CT molecular complexity index is 1300. The molecule has 0 unspecified atom stereocenters. The Morgan fingerprint density at radius 3 is 2.59 bits per heavy atom. The van der Waals surface area contributed by atoms with Crippen LogP contribution in [0.1, 0.15) is 25.0 Å². The van der Waals surface area contributed by atoms with Crippen molar-refractivity contribution in [2.24, 2.45) is 0 Å². The summed E-state index contributed by atoms with van der Waals surface area (Å²) in [5.74, 6) is 0.459. The van der Waals surface area contributed by atoms with E-state index in [0.717, 1.165) is 45.3 Å². The van der Waals surface area contributed by atoms with Gasteiger partial charge in [-0.25, -0.2) is 0 Å². The highest BCUT2D eigenvalue weighted by atomic mass is 35.5. The first-order chi connectivity index (χ1) is 15.5. The summed E-state index contributed by atoms with van der Waals surface area (Å²) in [6.45, 7) is 3.96. The number of methoxy groups -OCH3 is 1. The van der Waals surface area contributed by atoms with Gasteiger partial charge in [-0.1, -0.05) is 48.9 Å². The molecule has 0 saturated carbocycles. The molecule has 0 fully saturated rings. The highest BCUT2D eigenvalue weighted by molar-refractivity contribution is 6.30. The van der Waals surface area contributed by atoms with E-state index in [9.17, 15) is 4.79 Å². The number of carbonyl (C=O) groups is 1. The van der Waals surface area contributed by atoms with Gasteiger partial charge in [0.1, 0.15) is 11.3 Å². The minimum atomic E-state index is -0.185. The summed E-state index contributed by atoms with van der Waals surface area (Å²) >= 11 is 6.04. The largest absolute Gasteiger partial charge is 0.496 e. The molecule has 0 bridgehead atoms. The van der Waals surface area contributed by atoms with E-state index in [4.69, 9.17) is 20.8 Å². The third-order valence-corrected chi connectivity index (χ3v) is 5.73. The summed E-state index contributed by atoms with van der Waals surface area (Å²) in [5.41, 5.74) is 6.21. The van der Waals surface area contributed by atoms with Gasteiger partial charge in [0.15, 0.2) is 0 Å². The van der Waals surface area contributed by atoms with Gasteiger partial charge in [0.25, 0.3) is 0 Å². The maximum atomic E-state index is 12.7. The van der Waals surface area contributed by atoms with Crippen molar-refractivity contribution in [3.63, 3.8) is 0 Å². The van der Waals surface area contributed by atoms with Gasteiger partial charge < -0.3 is 14.5 Å². The lowest BCUT2D eigenvalue weighted by Crippen LogP contribution is -2.10. The van der Waals surface area contributed by atoms with E-state index < -0.39 is 0 Å². The van der Waals surface area contributed by atoms with Crippen molar-refractivity contribution < 1.29 is 13.9 Å². The molecule has 5 heteroatoms. The molecule has 0 saturated heterocycles. The fourth-order valence-electron chi connectivity index (χ4n) is 3.78.